The molecule has 0 bridgehead atoms. The normalized spacial score (nSPS) is 15.7. The highest BCUT2D eigenvalue weighted by molar-refractivity contribution is 7.92. The highest BCUT2D eigenvalue weighted by atomic mass is 32.2. The third-order valence-corrected chi connectivity index (χ3v) is 11.0. The molecular weight excluding hydrogens is 560 g/mol. The van der Waals surface area contributed by atoms with Crippen molar-refractivity contribution in [3.63, 3.8) is 0 Å². The van der Waals surface area contributed by atoms with Gasteiger partial charge in [-0.15, -0.1) is 0 Å². The summed E-state index contributed by atoms with van der Waals surface area (Å²) in [4.78, 5) is 14.2. The van der Waals surface area contributed by atoms with Crippen LogP contribution in [0.25, 0.3) is 0 Å². The van der Waals surface area contributed by atoms with Crippen LogP contribution in [-0.4, -0.2) is 42.1 Å². The molecule has 234 valence electrons. The highest BCUT2D eigenvalue weighted by Crippen LogP contribution is 2.38. The van der Waals surface area contributed by atoms with Gasteiger partial charge in [-0.2, -0.15) is 0 Å². The average molecular weight is 609 g/mol. The van der Waals surface area contributed by atoms with Gasteiger partial charge >= 0.3 is 5.97 Å². The van der Waals surface area contributed by atoms with Crippen molar-refractivity contribution in [3.05, 3.63) is 101 Å². The van der Waals surface area contributed by atoms with Crippen molar-refractivity contribution in [1.29, 1.82) is 0 Å². The topological polar surface area (TPSA) is 101 Å². The standard InChI is InChI=1S/C36H48O6S/c1-22(2)32(37)31(33(38)23(3)4)36(39)42-34(29-17-13-10-14-18-29)27(8)30(21-28-15-11-9-12-16-28)43(40,41)35-25(6)19-24(5)20-26(35)7/h9-20,22-23,27,30-34,37-38H,21H2,1-8H3/t27-,30?,32-,33-,34+/m1/s1. The second-order valence-electron chi connectivity index (χ2n) is 12.6. The molecule has 2 N–H and O–H groups in total. The molecule has 0 amide bonds. The minimum Gasteiger partial charge on any atom is -0.457 e. The summed E-state index contributed by atoms with van der Waals surface area (Å²) in [6.07, 6.45) is -3.02. The summed E-state index contributed by atoms with van der Waals surface area (Å²) in [6, 6.07) is 22.3. The predicted octanol–water partition coefficient (Wildman–Crippen LogP) is 6.57. The van der Waals surface area contributed by atoms with E-state index in [1.165, 1.54) is 0 Å². The van der Waals surface area contributed by atoms with Crippen molar-refractivity contribution in [2.45, 2.75) is 90.3 Å². The maximum Gasteiger partial charge on any atom is 0.314 e. The van der Waals surface area contributed by atoms with Crippen molar-refractivity contribution in [2.75, 3.05) is 0 Å². The molecule has 3 aromatic carbocycles. The first-order valence-corrected chi connectivity index (χ1v) is 16.7. The molecule has 0 radical (unpaired) electrons. The Hall–Kier alpha value is -3.00. The molecule has 6 nitrogen and oxygen atoms in total. The molecule has 0 spiro atoms. The van der Waals surface area contributed by atoms with Gasteiger partial charge in [-0.05, 0) is 61.3 Å². The van der Waals surface area contributed by atoms with Gasteiger partial charge in [0.05, 0.1) is 22.4 Å². The Morgan fingerprint density at radius 2 is 1.23 bits per heavy atom. The number of aryl methyl sites for hydroxylation is 3. The lowest BCUT2D eigenvalue weighted by atomic mass is 9.84. The number of ether oxygens (including phenoxy) is 1. The minimum atomic E-state index is -3.94. The van der Waals surface area contributed by atoms with Gasteiger partial charge in [0.15, 0.2) is 9.84 Å². The zero-order chi connectivity index (χ0) is 32.1. The van der Waals surface area contributed by atoms with Crippen LogP contribution in [0.2, 0.25) is 0 Å². The van der Waals surface area contributed by atoms with Gasteiger partial charge in [-0.3, -0.25) is 4.79 Å². The number of carbonyl (C=O) groups is 1. The lowest BCUT2D eigenvalue weighted by Crippen LogP contribution is -2.45. The first kappa shape index (κ1) is 34.5. The van der Waals surface area contributed by atoms with E-state index in [-0.39, 0.29) is 18.3 Å². The second kappa shape index (κ2) is 14.7. The van der Waals surface area contributed by atoms with Crippen LogP contribution in [-0.2, 0) is 25.8 Å². The third kappa shape index (κ3) is 8.14. The molecule has 0 aromatic heterocycles. The van der Waals surface area contributed by atoms with E-state index in [2.05, 4.69) is 0 Å². The molecule has 0 fully saturated rings. The van der Waals surface area contributed by atoms with E-state index in [9.17, 15) is 23.4 Å². The van der Waals surface area contributed by atoms with E-state index in [1.807, 2.05) is 100 Å². The molecule has 1 unspecified atom stereocenters. The number of esters is 1. The number of hydrogen-bond donors (Lipinski definition) is 2. The Kier molecular flexibility index (Phi) is 11.8. The Balaban J connectivity index is 2.17. The Bertz CT molecular complexity index is 1410. The fourth-order valence-corrected chi connectivity index (χ4v) is 8.46. The van der Waals surface area contributed by atoms with Crippen LogP contribution in [0, 0.1) is 44.4 Å². The van der Waals surface area contributed by atoms with E-state index in [0.29, 0.717) is 21.6 Å². The fourth-order valence-electron chi connectivity index (χ4n) is 6.02. The molecule has 0 saturated heterocycles. The number of aliphatic hydroxyl groups excluding tert-OH is 2. The number of sulfone groups is 1. The van der Waals surface area contributed by atoms with Crippen LogP contribution in [0.15, 0.2) is 77.7 Å². The van der Waals surface area contributed by atoms with Crippen LogP contribution < -0.4 is 0 Å². The SMILES string of the molecule is Cc1cc(C)c(S(=O)(=O)C(Cc2ccccc2)[C@@H](C)[C@H](OC(=O)C([C@H](O)C(C)C)[C@H](O)C(C)C)c2ccccc2)c(C)c1. The molecular formula is C36H48O6S. The summed E-state index contributed by atoms with van der Waals surface area (Å²) >= 11 is 0. The van der Waals surface area contributed by atoms with Crippen molar-refractivity contribution in [3.8, 4) is 0 Å². The van der Waals surface area contributed by atoms with Gasteiger partial charge in [0.1, 0.15) is 12.0 Å². The van der Waals surface area contributed by atoms with Gasteiger partial charge in [-0.1, -0.05) is 113 Å². The van der Waals surface area contributed by atoms with E-state index in [1.54, 1.807) is 27.7 Å². The number of aliphatic hydroxyl groups is 2. The predicted molar refractivity (Wildman–Crippen MR) is 171 cm³/mol. The Morgan fingerprint density at radius 1 is 0.767 bits per heavy atom. The zero-order valence-corrected chi connectivity index (χ0v) is 27.5. The third-order valence-electron chi connectivity index (χ3n) is 8.38. The molecule has 0 aliphatic carbocycles. The summed E-state index contributed by atoms with van der Waals surface area (Å²) in [7, 11) is -3.94. The van der Waals surface area contributed by atoms with Gasteiger partial charge in [0, 0.05) is 5.92 Å². The monoisotopic (exact) mass is 608 g/mol. The summed E-state index contributed by atoms with van der Waals surface area (Å²) in [5.41, 5.74) is 3.83. The fraction of sp³-hybridized carbons (Fsp3) is 0.472. The quantitative estimate of drug-likeness (QED) is 0.213. The van der Waals surface area contributed by atoms with Crippen molar-refractivity contribution in [1.82, 2.24) is 0 Å². The molecule has 0 heterocycles. The van der Waals surface area contributed by atoms with E-state index < -0.39 is 51.2 Å². The second-order valence-corrected chi connectivity index (χ2v) is 14.7. The van der Waals surface area contributed by atoms with Crippen LogP contribution >= 0.6 is 0 Å². The lowest BCUT2D eigenvalue weighted by molar-refractivity contribution is -0.170. The van der Waals surface area contributed by atoms with Gasteiger partial charge in [-0.25, -0.2) is 8.42 Å². The number of hydrogen-bond acceptors (Lipinski definition) is 6. The number of benzene rings is 3. The largest absolute Gasteiger partial charge is 0.457 e. The van der Waals surface area contributed by atoms with Crippen LogP contribution in [0.4, 0.5) is 0 Å². The smallest absolute Gasteiger partial charge is 0.314 e. The zero-order valence-electron chi connectivity index (χ0n) is 26.7. The molecule has 0 saturated carbocycles. The van der Waals surface area contributed by atoms with Gasteiger partial charge < -0.3 is 14.9 Å². The minimum absolute atomic E-state index is 0.213. The summed E-state index contributed by atoms with van der Waals surface area (Å²) in [6.45, 7) is 14.5. The van der Waals surface area contributed by atoms with Gasteiger partial charge in [0.2, 0.25) is 0 Å². The van der Waals surface area contributed by atoms with Crippen LogP contribution in [0.1, 0.15) is 68.5 Å². The van der Waals surface area contributed by atoms with Crippen LogP contribution in [0.3, 0.4) is 0 Å². The molecule has 0 aliphatic rings. The maximum absolute atomic E-state index is 14.7. The van der Waals surface area contributed by atoms with Crippen molar-refractivity contribution in [2.24, 2.45) is 23.7 Å². The number of rotatable bonds is 13. The molecule has 3 rings (SSSR count). The summed E-state index contributed by atoms with van der Waals surface area (Å²) in [5, 5.41) is 21.1. The first-order chi connectivity index (χ1) is 20.2. The Labute approximate surface area is 258 Å². The first-order valence-electron chi connectivity index (χ1n) is 15.1. The average Bonchev–Trinajstić information content (AvgIpc) is 2.94. The molecule has 5 atom stereocenters. The molecule has 3 aromatic rings. The van der Waals surface area contributed by atoms with E-state index >= 15 is 0 Å². The van der Waals surface area contributed by atoms with Gasteiger partial charge in [0.25, 0.3) is 0 Å². The highest BCUT2D eigenvalue weighted by Gasteiger charge is 2.43. The lowest BCUT2D eigenvalue weighted by Gasteiger charge is -2.35. The Morgan fingerprint density at radius 3 is 1.70 bits per heavy atom. The molecule has 43 heavy (non-hydrogen) atoms. The van der Waals surface area contributed by atoms with Crippen LogP contribution in [0.5, 0.6) is 0 Å². The van der Waals surface area contributed by atoms with E-state index in [4.69, 9.17) is 4.74 Å². The molecule has 0 aliphatic heterocycles. The maximum atomic E-state index is 14.7. The van der Waals surface area contributed by atoms with E-state index in [0.717, 1.165) is 11.1 Å². The van der Waals surface area contributed by atoms with Crippen molar-refractivity contribution < 1.29 is 28.2 Å². The number of carbonyl (C=O) groups excluding carboxylic acids is 1. The summed E-state index contributed by atoms with van der Waals surface area (Å²) < 4.78 is 35.5. The summed E-state index contributed by atoms with van der Waals surface area (Å²) in [5.74, 6) is -3.25. The molecule has 7 heteroatoms. The van der Waals surface area contributed by atoms with Crippen molar-refractivity contribution >= 4 is 15.8 Å².